The third-order valence-electron chi connectivity index (χ3n) is 4.85. The first-order valence-corrected chi connectivity index (χ1v) is 8.70. The molecule has 2 amide bonds. The highest BCUT2D eigenvalue weighted by atomic mass is 16.2. The van der Waals surface area contributed by atoms with E-state index in [1.807, 2.05) is 18.7 Å². The first kappa shape index (κ1) is 18.5. The fraction of sp³-hybridized carbons (Fsp3) is 0.579. The van der Waals surface area contributed by atoms with E-state index in [1.54, 1.807) is 6.92 Å². The Morgan fingerprint density at radius 3 is 2.25 bits per heavy atom. The lowest BCUT2D eigenvalue weighted by Crippen LogP contribution is -2.51. The van der Waals surface area contributed by atoms with E-state index in [2.05, 4.69) is 30.1 Å². The van der Waals surface area contributed by atoms with Gasteiger partial charge in [-0.3, -0.25) is 9.69 Å². The highest BCUT2D eigenvalue weighted by molar-refractivity contribution is 5.97. The predicted molar refractivity (Wildman–Crippen MR) is 96.6 cm³/mol. The first-order chi connectivity index (χ1) is 11.3. The van der Waals surface area contributed by atoms with Crippen LogP contribution in [0.4, 0.5) is 4.79 Å². The van der Waals surface area contributed by atoms with E-state index >= 15 is 0 Å². The number of ketones is 1. The average Bonchev–Trinajstić information content (AvgIpc) is 2.51. The number of nitrogens with zero attached hydrogens (tertiary/aromatic N) is 2. The molecule has 5 nitrogen and oxygen atoms in total. The highest BCUT2D eigenvalue weighted by Crippen LogP contribution is 2.24. The SMILES string of the molecule is CCNC(=O)N1CCN(Cc2c(C)cc(C)c(C(C)=O)c2C)CC1. The van der Waals surface area contributed by atoms with Gasteiger partial charge in [0, 0.05) is 44.8 Å². The van der Waals surface area contributed by atoms with Crippen molar-refractivity contribution in [1.29, 1.82) is 0 Å². The number of carbonyl (C=O) groups is 2. The van der Waals surface area contributed by atoms with Gasteiger partial charge in [0.1, 0.15) is 0 Å². The number of hydrogen-bond donors (Lipinski definition) is 1. The summed E-state index contributed by atoms with van der Waals surface area (Å²) in [4.78, 5) is 28.1. The molecule has 1 aliphatic rings. The number of Topliss-reactive ketones (excluding diaryl/α,β-unsaturated/α-hetero) is 1. The summed E-state index contributed by atoms with van der Waals surface area (Å²) in [7, 11) is 0. The van der Waals surface area contributed by atoms with Crippen molar-refractivity contribution in [2.45, 2.75) is 41.2 Å². The zero-order valence-electron chi connectivity index (χ0n) is 15.5. The minimum absolute atomic E-state index is 0.0266. The van der Waals surface area contributed by atoms with Gasteiger partial charge in [0.25, 0.3) is 0 Å². The molecule has 0 radical (unpaired) electrons. The van der Waals surface area contributed by atoms with Gasteiger partial charge in [0.2, 0.25) is 0 Å². The minimum Gasteiger partial charge on any atom is -0.338 e. The van der Waals surface area contributed by atoms with Crippen molar-refractivity contribution >= 4 is 11.8 Å². The van der Waals surface area contributed by atoms with Crippen LogP contribution in [0.15, 0.2) is 6.07 Å². The van der Waals surface area contributed by atoms with Gasteiger partial charge >= 0.3 is 6.03 Å². The fourth-order valence-corrected chi connectivity index (χ4v) is 3.61. The van der Waals surface area contributed by atoms with E-state index in [0.29, 0.717) is 6.54 Å². The molecule has 0 atom stereocenters. The maximum Gasteiger partial charge on any atom is 0.317 e. The highest BCUT2D eigenvalue weighted by Gasteiger charge is 2.22. The van der Waals surface area contributed by atoms with Crippen molar-refractivity contribution in [3.05, 3.63) is 33.9 Å². The Kier molecular flexibility index (Phi) is 5.99. The molecule has 0 aromatic heterocycles. The number of nitrogens with one attached hydrogen (secondary N) is 1. The number of hydrogen-bond acceptors (Lipinski definition) is 3. The Hall–Kier alpha value is -1.88. The number of aryl methyl sites for hydroxylation is 2. The molecule has 1 aromatic carbocycles. The van der Waals surface area contributed by atoms with Gasteiger partial charge in [-0.2, -0.15) is 0 Å². The summed E-state index contributed by atoms with van der Waals surface area (Å²) in [6.07, 6.45) is 0. The summed E-state index contributed by atoms with van der Waals surface area (Å²) in [5.41, 5.74) is 5.50. The number of urea groups is 1. The van der Waals surface area contributed by atoms with Crippen LogP contribution in [-0.2, 0) is 6.54 Å². The summed E-state index contributed by atoms with van der Waals surface area (Å²) in [5, 5.41) is 2.86. The standard InChI is InChI=1S/C19H29N3O2/c1-6-20-19(24)22-9-7-21(8-10-22)12-17-13(2)11-14(3)18(15(17)4)16(5)23/h11H,6-10,12H2,1-5H3,(H,20,24). The summed E-state index contributed by atoms with van der Waals surface area (Å²) >= 11 is 0. The third-order valence-corrected chi connectivity index (χ3v) is 4.85. The predicted octanol–water partition coefficient (Wildman–Crippen LogP) is 2.66. The van der Waals surface area contributed by atoms with Crippen LogP contribution in [0.25, 0.3) is 0 Å². The Balaban J connectivity index is 2.09. The van der Waals surface area contributed by atoms with E-state index in [9.17, 15) is 9.59 Å². The molecule has 1 heterocycles. The van der Waals surface area contributed by atoms with E-state index in [-0.39, 0.29) is 11.8 Å². The van der Waals surface area contributed by atoms with Crippen LogP contribution in [0, 0.1) is 20.8 Å². The second-order valence-electron chi connectivity index (χ2n) is 6.64. The molecule has 2 rings (SSSR count). The van der Waals surface area contributed by atoms with Crippen molar-refractivity contribution in [3.8, 4) is 0 Å². The topological polar surface area (TPSA) is 52.7 Å². The molecule has 1 fully saturated rings. The van der Waals surface area contributed by atoms with E-state index < -0.39 is 0 Å². The van der Waals surface area contributed by atoms with Crippen molar-refractivity contribution in [1.82, 2.24) is 15.1 Å². The number of carbonyl (C=O) groups excluding carboxylic acids is 2. The summed E-state index contributed by atoms with van der Waals surface area (Å²) in [6, 6.07) is 2.14. The summed E-state index contributed by atoms with van der Waals surface area (Å²) < 4.78 is 0. The van der Waals surface area contributed by atoms with Crippen LogP contribution in [0.3, 0.4) is 0 Å². The van der Waals surface area contributed by atoms with Gasteiger partial charge in [-0.25, -0.2) is 4.79 Å². The van der Waals surface area contributed by atoms with Gasteiger partial charge in [0.05, 0.1) is 0 Å². The summed E-state index contributed by atoms with van der Waals surface area (Å²) in [5.74, 6) is 0.132. The Bertz CT molecular complexity index is 632. The monoisotopic (exact) mass is 331 g/mol. The molecule has 5 heteroatoms. The van der Waals surface area contributed by atoms with Crippen LogP contribution in [0.2, 0.25) is 0 Å². The second-order valence-corrected chi connectivity index (χ2v) is 6.64. The van der Waals surface area contributed by atoms with Gasteiger partial charge in [0.15, 0.2) is 5.78 Å². The lowest BCUT2D eigenvalue weighted by atomic mass is 9.91. The second kappa shape index (κ2) is 7.79. The van der Waals surface area contributed by atoms with E-state index in [0.717, 1.165) is 49.4 Å². The van der Waals surface area contributed by atoms with Crippen molar-refractivity contribution in [2.24, 2.45) is 0 Å². The molecule has 0 aliphatic carbocycles. The van der Waals surface area contributed by atoms with Crippen LogP contribution in [-0.4, -0.2) is 54.3 Å². The first-order valence-electron chi connectivity index (χ1n) is 8.70. The lowest BCUT2D eigenvalue weighted by Gasteiger charge is -2.35. The smallest absolute Gasteiger partial charge is 0.317 e. The van der Waals surface area contributed by atoms with Crippen LogP contribution in [0.5, 0.6) is 0 Å². The van der Waals surface area contributed by atoms with Crippen molar-refractivity contribution in [2.75, 3.05) is 32.7 Å². The number of benzene rings is 1. The Labute approximate surface area is 145 Å². The van der Waals surface area contributed by atoms with Crippen LogP contribution < -0.4 is 5.32 Å². The van der Waals surface area contributed by atoms with Gasteiger partial charge in [-0.05, 0) is 56.9 Å². The zero-order valence-corrected chi connectivity index (χ0v) is 15.5. The Morgan fingerprint density at radius 2 is 1.71 bits per heavy atom. The molecule has 0 saturated carbocycles. The molecular formula is C19H29N3O2. The van der Waals surface area contributed by atoms with E-state index in [1.165, 1.54) is 11.1 Å². The number of piperazine rings is 1. The normalized spacial score (nSPS) is 15.5. The van der Waals surface area contributed by atoms with Gasteiger partial charge in [-0.1, -0.05) is 6.07 Å². The molecule has 0 spiro atoms. The molecular weight excluding hydrogens is 302 g/mol. The maximum atomic E-state index is 12.0. The summed E-state index contributed by atoms with van der Waals surface area (Å²) in [6.45, 7) is 14.5. The average molecular weight is 331 g/mol. The molecule has 0 unspecified atom stereocenters. The van der Waals surface area contributed by atoms with Crippen LogP contribution >= 0.6 is 0 Å². The molecule has 1 N–H and O–H groups in total. The molecule has 1 aliphatic heterocycles. The van der Waals surface area contributed by atoms with Crippen molar-refractivity contribution < 1.29 is 9.59 Å². The minimum atomic E-state index is 0.0266. The van der Waals surface area contributed by atoms with Crippen molar-refractivity contribution in [3.63, 3.8) is 0 Å². The maximum absolute atomic E-state index is 12.0. The fourth-order valence-electron chi connectivity index (χ4n) is 3.61. The molecule has 24 heavy (non-hydrogen) atoms. The molecule has 1 aromatic rings. The number of rotatable bonds is 4. The van der Waals surface area contributed by atoms with Crippen LogP contribution in [0.1, 0.15) is 46.5 Å². The van der Waals surface area contributed by atoms with E-state index in [4.69, 9.17) is 0 Å². The quantitative estimate of drug-likeness (QED) is 0.863. The number of amides is 2. The third kappa shape index (κ3) is 3.96. The zero-order chi connectivity index (χ0) is 17.9. The molecule has 132 valence electrons. The molecule has 1 saturated heterocycles. The Morgan fingerprint density at radius 1 is 1.08 bits per heavy atom. The lowest BCUT2D eigenvalue weighted by molar-refractivity contribution is 0.101. The molecule has 0 bridgehead atoms. The van der Waals surface area contributed by atoms with Gasteiger partial charge in [-0.15, -0.1) is 0 Å². The largest absolute Gasteiger partial charge is 0.338 e. The van der Waals surface area contributed by atoms with Gasteiger partial charge < -0.3 is 10.2 Å².